The maximum absolute atomic E-state index is 12.7. The van der Waals surface area contributed by atoms with Gasteiger partial charge >= 0.3 is 0 Å². The molecule has 3 aromatic rings. The predicted octanol–water partition coefficient (Wildman–Crippen LogP) is 4.10. The van der Waals surface area contributed by atoms with Gasteiger partial charge in [0.05, 0.1) is 5.56 Å². The van der Waals surface area contributed by atoms with Crippen LogP contribution in [0.2, 0.25) is 5.02 Å². The topological polar surface area (TPSA) is 25.2 Å². The van der Waals surface area contributed by atoms with E-state index in [1.807, 2.05) is 73.4 Å². The highest BCUT2D eigenvalue weighted by Gasteiger charge is 2.17. The van der Waals surface area contributed by atoms with Crippen molar-refractivity contribution >= 4 is 28.4 Å². The van der Waals surface area contributed by atoms with Crippen molar-refractivity contribution in [2.45, 2.75) is 6.54 Å². The zero-order valence-electron chi connectivity index (χ0n) is 12.6. The number of benzene rings is 2. The van der Waals surface area contributed by atoms with E-state index < -0.39 is 0 Å². The molecule has 0 N–H and O–H groups in total. The molecule has 0 radical (unpaired) electrons. The molecule has 0 bridgehead atoms. The Morgan fingerprint density at radius 2 is 1.95 bits per heavy atom. The number of halogens is 1. The highest BCUT2D eigenvalue weighted by molar-refractivity contribution is 6.30. The number of para-hydroxylation sites is 1. The molecule has 0 aliphatic rings. The first-order valence-electron chi connectivity index (χ1n) is 7.10. The number of hydrogen-bond acceptors (Lipinski definition) is 1. The lowest BCUT2D eigenvalue weighted by Gasteiger charge is -2.17. The van der Waals surface area contributed by atoms with Crippen molar-refractivity contribution in [3.63, 3.8) is 0 Å². The van der Waals surface area contributed by atoms with E-state index >= 15 is 0 Å². The van der Waals surface area contributed by atoms with Gasteiger partial charge in [-0.2, -0.15) is 0 Å². The first kappa shape index (κ1) is 14.7. The molecule has 0 spiro atoms. The molecule has 4 heteroatoms. The van der Waals surface area contributed by atoms with Crippen molar-refractivity contribution < 1.29 is 4.79 Å². The second-order valence-corrected chi connectivity index (χ2v) is 5.90. The van der Waals surface area contributed by atoms with E-state index in [0.717, 1.165) is 22.0 Å². The fourth-order valence-electron chi connectivity index (χ4n) is 2.70. The number of fused-ring (bicyclic) bond motifs is 1. The molecular formula is C18H17ClN2O. The van der Waals surface area contributed by atoms with Crippen LogP contribution in [0.3, 0.4) is 0 Å². The fourth-order valence-corrected chi connectivity index (χ4v) is 2.91. The molecule has 3 nitrogen and oxygen atoms in total. The minimum atomic E-state index is 0.0109. The Morgan fingerprint density at radius 3 is 2.73 bits per heavy atom. The maximum atomic E-state index is 12.7. The van der Waals surface area contributed by atoms with E-state index in [2.05, 4.69) is 0 Å². The molecule has 1 amide bonds. The summed E-state index contributed by atoms with van der Waals surface area (Å²) in [6.07, 6.45) is 1.89. The van der Waals surface area contributed by atoms with Gasteiger partial charge in [-0.25, -0.2) is 0 Å². The molecular weight excluding hydrogens is 296 g/mol. The van der Waals surface area contributed by atoms with E-state index in [-0.39, 0.29) is 5.91 Å². The Morgan fingerprint density at radius 1 is 1.18 bits per heavy atom. The summed E-state index contributed by atoms with van der Waals surface area (Å²) in [5, 5.41) is 1.66. The smallest absolute Gasteiger partial charge is 0.256 e. The zero-order valence-corrected chi connectivity index (χ0v) is 13.3. The summed E-state index contributed by atoms with van der Waals surface area (Å²) in [5.41, 5.74) is 2.80. The van der Waals surface area contributed by atoms with Crippen LogP contribution in [0.15, 0.2) is 54.7 Å². The number of aryl methyl sites for hydroxylation is 1. The summed E-state index contributed by atoms with van der Waals surface area (Å²) in [7, 11) is 3.76. The number of hydrogen-bond donors (Lipinski definition) is 0. The molecule has 2 aromatic carbocycles. The quantitative estimate of drug-likeness (QED) is 0.714. The summed E-state index contributed by atoms with van der Waals surface area (Å²) < 4.78 is 1.98. The van der Waals surface area contributed by atoms with Gasteiger partial charge in [-0.3, -0.25) is 4.79 Å². The predicted molar refractivity (Wildman–Crippen MR) is 90.2 cm³/mol. The van der Waals surface area contributed by atoms with E-state index in [1.165, 1.54) is 0 Å². The number of amides is 1. The third-order valence-corrected chi connectivity index (χ3v) is 4.02. The molecule has 0 saturated carbocycles. The van der Waals surface area contributed by atoms with Gasteiger partial charge in [0.1, 0.15) is 0 Å². The van der Waals surface area contributed by atoms with Crippen LogP contribution in [-0.2, 0) is 13.6 Å². The number of carbonyl (C=O) groups excluding carboxylic acids is 1. The molecule has 22 heavy (non-hydrogen) atoms. The number of rotatable bonds is 3. The first-order chi connectivity index (χ1) is 10.6. The lowest BCUT2D eigenvalue weighted by Crippen LogP contribution is -2.26. The van der Waals surface area contributed by atoms with Gasteiger partial charge in [-0.15, -0.1) is 0 Å². The van der Waals surface area contributed by atoms with Gasteiger partial charge < -0.3 is 9.47 Å². The zero-order chi connectivity index (χ0) is 15.7. The van der Waals surface area contributed by atoms with Crippen molar-refractivity contribution in [2.75, 3.05) is 7.05 Å². The number of carbonyl (C=O) groups is 1. The fraction of sp³-hybridized carbons (Fsp3) is 0.167. The Hall–Kier alpha value is -2.26. The largest absolute Gasteiger partial charge is 0.350 e. The van der Waals surface area contributed by atoms with Gasteiger partial charge in [0, 0.05) is 42.8 Å². The molecule has 112 valence electrons. The third kappa shape index (κ3) is 2.72. The monoisotopic (exact) mass is 312 g/mol. The van der Waals surface area contributed by atoms with Crippen LogP contribution in [0.1, 0.15) is 15.9 Å². The highest BCUT2D eigenvalue weighted by Crippen LogP contribution is 2.22. The van der Waals surface area contributed by atoms with Gasteiger partial charge in [-0.1, -0.05) is 41.9 Å². The molecule has 0 saturated heterocycles. The van der Waals surface area contributed by atoms with Crippen LogP contribution in [0.25, 0.3) is 10.9 Å². The number of nitrogens with zero attached hydrogens (tertiary/aromatic N) is 2. The normalized spacial score (nSPS) is 10.9. The Balaban J connectivity index is 1.89. The van der Waals surface area contributed by atoms with Gasteiger partial charge in [0.15, 0.2) is 0 Å². The summed E-state index contributed by atoms with van der Waals surface area (Å²) in [6, 6.07) is 15.5. The molecule has 0 aliphatic heterocycles. The minimum Gasteiger partial charge on any atom is -0.350 e. The minimum absolute atomic E-state index is 0.0109. The lowest BCUT2D eigenvalue weighted by molar-refractivity contribution is 0.0787. The van der Waals surface area contributed by atoms with E-state index in [4.69, 9.17) is 11.6 Å². The van der Waals surface area contributed by atoms with Crippen LogP contribution in [0.5, 0.6) is 0 Å². The van der Waals surface area contributed by atoms with Gasteiger partial charge in [-0.05, 0) is 23.8 Å². The van der Waals surface area contributed by atoms with Crippen LogP contribution >= 0.6 is 11.6 Å². The van der Waals surface area contributed by atoms with Crippen molar-refractivity contribution in [1.29, 1.82) is 0 Å². The molecule has 3 rings (SSSR count). The van der Waals surface area contributed by atoms with Crippen molar-refractivity contribution in [3.8, 4) is 0 Å². The lowest BCUT2D eigenvalue weighted by atomic mass is 10.1. The molecule has 0 aliphatic carbocycles. The highest BCUT2D eigenvalue weighted by atomic mass is 35.5. The van der Waals surface area contributed by atoms with Crippen LogP contribution in [0.4, 0.5) is 0 Å². The van der Waals surface area contributed by atoms with Crippen LogP contribution in [0, 0.1) is 0 Å². The Labute approximate surface area is 134 Å². The van der Waals surface area contributed by atoms with Gasteiger partial charge in [0.25, 0.3) is 5.91 Å². The van der Waals surface area contributed by atoms with E-state index in [9.17, 15) is 4.79 Å². The van der Waals surface area contributed by atoms with Gasteiger partial charge in [0.2, 0.25) is 0 Å². The van der Waals surface area contributed by atoms with E-state index in [1.54, 1.807) is 4.90 Å². The first-order valence-corrected chi connectivity index (χ1v) is 7.48. The average molecular weight is 313 g/mol. The number of aromatic nitrogens is 1. The second kappa shape index (κ2) is 5.85. The average Bonchev–Trinajstić information content (AvgIpc) is 2.84. The summed E-state index contributed by atoms with van der Waals surface area (Å²) in [4.78, 5) is 14.5. The van der Waals surface area contributed by atoms with Crippen LogP contribution < -0.4 is 0 Å². The molecule has 0 fully saturated rings. The van der Waals surface area contributed by atoms with Crippen LogP contribution in [-0.4, -0.2) is 22.4 Å². The third-order valence-electron chi connectivity index (χ3n) is 3.78. The SMILES string of the molecule is CN(Cc1cccc(Cl)c1)C(=O)c1cn(C)c2ccccc12. The van der Waals surface area contributed by atoms with Crippen molar-refractivity contribution in [2.24, 2.45) is 7.05 Å². The van der Waals surface area contributed by atoms with Crippen molar-refractivity contribution in [1.82, 2.24) is 9.47 Å². The second-order valence-electron chi connectivity index (χ2n) is 5.46. The molecule has 1 aromatic heterocycles. The summed E-state index contributed by atoms with van der Waals surface area (Å²) in [6.45, 7) is 0.530. The Kier molecular flexibility index (Phi) is 3.90. The van der Waals surface area contributed by atoms with Crippen molar-refractivity contribution in [3.05, 3.63) is 70.9 Å². The summed E-state index contributed by atoms with van der Waals surface area (Å²) >= 11 is 6.00. The summed E-state index contributed by atoms with van der Waals surface area (Å²) in [5.74, 6) is 0.0109. The Bertz CT molecular complexity index is 838. The maximum Gasteiger partial charge on any atom is 0.256 e. The molecule has 0 unspecified atom stereocenters. The van der Waals surface area contributed by atoms with E-state index in [0.29, 0.717) is 11.6 Å². The molecule has 0 atom stereocenters. The standard InChI is InChI=1S/C18H17ClN2O/c1-20-12-16(15-8-3-4-9-17(15)20)18(22)21(2)11-13-6-5-7-14(19)10-13/h3-10,12H,11H2,1-2H3. The molecule has 1 heterocycles.